The first kappa shape index (κ1) is 34.7. The van der Waals surface area contributed by atoms with Crippen LogP contribution in [0.25, 0.3) is 34.4 Å². The van der Waals surface area contributed by atoms with E-state index in [0.29, 0.717) is 11.8 Å². The number of fused-ring (bicyclic) bond motifs is 2. The van der Waals surface area contributed by atoms with Crippen LogP contribution >= 0.6 is 17.0 Å². The summed E-state index contributed by atoms with van der Waals surface area (Å²) in [5.74, 6) is 0.646. The van der Waals surface area contributed by atoms with E-state index in [-0.39, 0.29) is 7.25 Å². The minimum absolute atomic E-state index is 0.0321. The first-order chi connectivity index (χ1) is 22.1. The zero-order valence-electron chi connectivity index (χ0n) is 30.2. The Bertz CT molecular complexity index is 1810. The third kappa shape index (κ3) is 5.52. The van der Waals surface area contributed by atoms with Crippen molar-refractivity contribution < 1.29 is 16.4 Å². The quantitative estimate of drug-likeness (QED) is 0.177. The number of aryl methyl sites for hydroxylation is 4. The summed E-state index contributed by atoms with van der Waals surface area (Å²) in [6, 6.07) is 22.8. The van der Waals surface area contributed by atoms with E-state index < -0.39 is 16.4 Å². The molecule has 0 N–H and O–H groups in total. The predicted octanol–water partition coefficient (Wildman–Crippen LogP) is 14.2. The van der Waals surface area contributed by atoms with Gasteiger partial charge in [-0.3, -0.25) is 0 Å². The van der Waals surface area contributed by atoms with E-state index in [1.54, 1.807) is 0 Å². The van der Waals surface area contributed by atoms with Crippen molar-refractivity contribution >= 4 is 29.2 Å². The fraction of sp³-hybridized carbons (Fsp3) is 0.364. The van der Waals surface area contributed by atoms with E-state index in [4.69, 9.17) is 17.0 Å². The van der Waals surface area contributed by atoms with Crippen molar-refractivity contribution in [2.45, 2.75) is 87.5 Å². The van der Waals surface area contributed by atoms with Crippen LogP contribution in [-0.4, -0.2) is 0 Å². The van der Waals surface area contributed by atoms with Crippen LogP contribution in [0, 0.1) is 53.4 Å². The van der Waals surface area contributed by atoms with Crippen molar-refractivity contribution in [1.82, 2.24) is 0 Å². The molecule has 47 heavy (non-hydrogen) atoms. The molecule has 0 aliphatic heterocycles. The molecule has 3 heteroatoms. The average Bonchev–Trinajstić information content (AvgIpc) is 3.65. The van der Waals surface area contributed by atoms with E-state index in [2.05, 4.69) is 149 Å². The van der Waals surface area contributed by atoms with Crippen LogP contribution < -0.4 is 0 Å². The summed E-state index contributed by atoms with van der Waals surface area (Å²) in [4.78, 5) is 0. The Hall–Kier alpha value is -2.18. The molecule has 2 aliphatic rings. The van der Waals surface area contributed by atoms with Gasteiger partial charge in [0.05, 0.1) is 0 Å². The molecule has 0 amide bonds. The molecular formula is C44H51Cl2Zr. The first-order valence-corrected chi connectivity index (χ1v) is 28.4. The summed E-state index contributed by atoms with van der Waals surface area (Å²) in [6.07, 6.45) is 4.99. The summed E-state index contributed by atoms with van der Waals surface area (Å²) < 4.78 is 0.877. The van der Waals surface area contributed by atoms with E-state index in [0.717, 1.165) is 4.13 Å². The zero-order chi connectivity index (χ0) is 34.2. The summed E-state index contributed by atoms with van der Waals surface area (Å²) in [6.45, 7) is 25.1. The maximum atomic E-state index is 8.71. The number of hydrogen-bond donors (Lipinski definition) is 0. The second-order valence-corrected chi connectivity index (χ2v) is 38.2. The van der Waals surface area contributed by atoms with Gasteiger partial charge in [0.1, 0.15) is 0 Å². The predicted molar refractivity (Wildman–Crippen MR) is 205 cm³/mol. The van der Waals surface area contributed by atoms with Crippen molar-refractivity contribution in [3.05, 3.63) is 127 Å². The van der Waals surface area contributed by atoms with Crippen LogP contribution in [0.1, 0.15) is 97.5 Å². The molecule has 0 aromatic heterocycles. The monoisotopic (exact) mass is 739 g/mol. The van der Waals surface area contributed by atoms with Gasteiger partial charge in [-0.2, -0.15) is 0 Å². The number of rotatable bonds is 7. The second-order valence-electron chi connectivity index (χ2n) is 15.3. The second kappa shape index (κ2) is 12.3. The third-order valence-electron chi connectivity index (χ3n) is 11.7. The molecule has 4 aromatic carbocycles. The Morgan fingerprint density at radius 3 is 1.21 bits per heavy atom. The molecule has 0 saturated heterocycles. The zero-order valence-corrected chi connectivity index (χ0v) is 34.2. The average molecular weight is 742 g/mol. The van der Waals surface area contributed by atoms with Crippen molar-refractivity contribution in [2.75, 3.05) is 0 Å². The van der Waals surface area contributed by atoms with Crippen LogP contribution in [0.15, 0.2) is 71.8 Å². The van der Waals surface area contributed by atoms with Crippen LogP contribution in [0.5, 0.6) is 0 Å². The molecule has 245 valence electrons. The van der Waals surface area contributed by atoms with Gasteiger partial charge in [0.2, 0.25) is 0 Å². The third-order valence-corrected chi connectivity index (χ3v) is 32.1. The molecule has 0 spiro atoms. The number of hydrogen-bond acceptors (Lipinski definition) is 0. The molecule has 0 radical (unpaired) electrons. The number of allylic oxidation sites excluding steroid dienone is 2. The molecule has 2 aliphatic carbocycles. The summed E-state index contributed by atoms with van der Waals surface area (Å²) in [7, 11) is 17.4. The van der Waals surface area contributed by atoms with Gasteiger partial charge in [-0.25, -0.2) is 0 Å². The van der Waals surface area contributed by atoms with Gasteiger partial charge in [-0.1, -0.05) is 0 Å². The molecule has 0 nitrogen and oxygen atoms in total. The fourth-order valence-corrected chi connectivity index (χ4v) is 27.1. The molecule has 6 rings (SSSR count). The number of halogens is 2. The molecule has 2 atom stereocenters. The molecular weight excluding hydrogens is 691 g/mol. The van der Waals surface area contributed by atoms with Crippen LogP contribution in [0.3, 0.4) is 0 Å². The van der Waals surface area contributed by atoms with Crippen molar-refractivity contribution in [3.8, 4) is 22.3 Å². The van der Waals surface area contributed by atoms with Crippen LogP contribution in [0.2, 0.25) is 4.13 Å². The standard InChI is InChI=1S/2C21H23.C2H5.2ClH.Zr/c2*1-13(2)18-11-19-16(5)15(4)10-20(21(19)12-18)17-8-6-14(3)7-9-17;1-2;;;/h2*6-13H,1-5H3;1H2,2H3;2*1H;/q;;;;;+2/p-2. The molecule has 0 fully saturated rings. The minimum atomic E-state index is -4.99. The van der Waals surface area contributed by atoms with Crippen molar-refractivity contribution in [1.29, 1.82) is 0 Å². The Labute approximate surface area is 292 Å². The van der Waals surface area contributed by atoms with Crippen molar-refractivity contribution in [2.24, 2.45) is 11.8 Å². The normalized spacial score (nSPS) is 18.2. The topological polar surface area (TPSA) is 0 Å². The van der Waals surface area contributed by atoms with Gasteiger partial charge >= 0.3 is 295 Å². The van der Waals surface area contributed by atoms with Gasteiger partial charge in [0, 0.05) is 0 Å². The SMILES string of the molecule is C[CH2][Zr]([Cl])([Cl])([CH]1C(C(C)C)=Cc2c(-c3ccc(C)cc3)cc(C)c(C)c21)[CH]1C(C(C)C)=Cc2c(-c3ccc(C)cc3)cc(C)c(C)c21. The van der Waals surface area contributed by atoms with Gasteiger partial charge in [-0.15, -0.1) is 0 Å². The summed E-state index contributed by atoms with van der Waals surface area (Å²) in [5.41, 5.74) is 21.2. The Balaban J connectivity index is 1.68. The van der Waals surface area contributed by atoms with E-state index >= 15 is 0 Å². The summed E-state index contributed by atoms with van der Waals surface area (Å²) >= 11 is -4.99. The van der Waals surface area contributed by atoms with Gasteiger partial charge in [-0.05, 0) is 0 Å². The Morgan fingerprint density at radius 1 is 0.574 bits per heavy atom. The number of benzene rings is 4. The van der Waals surface area contributed by atoms with Gasteiger partial charge < -0.3 is 0 Å². The van der Waals surface area contributed by atoms with E-state index in [1.807, 2.05) is 0 Å². The van der Waals surface area contributed by atoms with E-state index in [1.165, 1.54) is 89.0 Å². The molecule has 0 saturated carbocycles. The maximum absolute atomic E-state index is 8.71. The molecule has 4 aromatic rings. The van der Waals surface area contributed by atoms with Crippen molar-refractivity contribution in [3.63, 3.8) is 0 Å². The Kier molecular flexibility index (Phi) is 9.08. The van der Waals surface area contributed by atoms with Crippen LogP contribution in [0.4, 0.5) is 0 Å². The first-order valence-electron chi connectivity index (χ1n) is 17.5. The Morgan fingerprint density at radius 2 is 0.915 bits per heavy atom. The van der Waals surface area contributed by atoms with Gasteiger partial charge in [0.15, 0.2) is 0 Å². The van der Waals surface area contributed by atoms with E-state index in [9.17, 15) is 0 Å². The molecule has 0 heterocycles. The van der Waals surface area contributed by atoms with Crippen LogP contribution in [-0.2, 0) is 16.4 Å². The molecule has 0 bridgehead atoms. The fourth-order valence-electron chi connectivity index (χ4n) is 8.60. The molecule has 2 unspecified atom stereocenters. The summed E-state index contributed by atoms with van der Waals surface area (Å²) in [5, 5.41) is 0. The van der Waals surface area contributed by atoms with Gasteiger partial charge in [0.25, 0.3) is 0 Å².